The summed E-state index contributed by atoms with van der Waals surface area (Å²) in [6.45, 7) is 20.7. The first-order valence-corrected chi connectivity index (χ1v) is 11.1. The minimum atomic E-state index is 0.419. The van der Waals surface area contributed by atoms with Crippen LogP contribution in [0.1, 0.15) is 89.7 Å². The van der Waals surface area contributed by atoms with Crippen molar-refractivity contribution in [3.05, 3.63) is 58.9 Å². The summed E-state index contributed by atoms with van der Waals surface area (Å²) < 4.78 is 10.4. The molecule has 30 heavy (non-hydrogen) atoms. The highest BCUT2D eigenvalue weighted by Crippen LogP contribution is 2.28. The Labute approximate surface area is 181 Å². The molecule has 0 saturated heterocycles. The Kier molecular flexibility index (Phi) is 10.3. The first-order valence-electron chi connectivity index (χ1n) is 11.1. The van der Waals surface area contributed by atoms with Gasteiger partial charge in [-0.05, 0) is 48.9 Å². The van der Waals surface area contributed by atoms with Gasteiger partial charge in [-0.2, -0.15) is 0 Å². The first kappa shape index (κ1) is 25.4. The zero-order valence-corrected chi connectivity index (χ0v) is 20.3. The van der Waals surface area contributed by atoms with Gasteiger partial charge in [0, 0.05) is 10.8 Å². The molecule has 2 heterocycles. The highest BCUT2D eigenvalue weighted by atomic mass is 16.5. The SMILES string of the molecule is CC.CC.Cc1cccc2onc(C(C)C)c12.Cc1noc2cccc(C(C)C)c12. The van der Waals surface area contributed by atoms with Gasteiger partial charge in [-0.3, -0.25) is 0 Å². The fraction of sp³-hybridized carbons (Fsp3) is 0.462. The van der Waals surface area contributed by atoms with Gasteiger partial charge in [-0.1, -0.05) is 90.0 Å². The van der Waals surface area contributed by atoms with Crippen LogP contribution < -0.4 is 0 Å². The molecule has 0 radical (unpaired) electrons. The van der Waals surface area contributed by atoms with Crippen LogP contribution in [0.15, 0.2) is 45.4 Å². The zero-order chi connectivity index (χ0) is 22.8. The van der Waals surface area contributed by atoms with Crippen molar-refractivity contribution in [1.29, 1.82) is 0 Å². The van der Waals surface area contributed by atoms with Gasteiger partial charge in [-0.15, -0.1) is 0 Å². The molecule has 0 atom stereocenters. The monoisotopic (exact) mass is 410 g/mol. The number of nitrogens with zero attached hydrogens (tertiary/aromatic N) is 2. The molecule has 4 aromatic rings. The van der Waals surface area contributed by atoms with Crippen LogP contribution in [-0.4, -0.2) is 10.3 Å². The minimum absolute atomic E-state index is 0.419. The molecule has 2 aromatic heterocycles. The van der Waals surface area contributed by atoms with Crippen LogP contribution in [0.5, 0.6) is 0 Å². The van der Waals surface area contributed by atoms with E-state index in [1.807, 2.05) is 58.9 Å². The number of aromatic nitrogens is 2. The van der Waals surface area contributed by atoms with Crippen molar-refractivity contribution in [2.24, 2.45) is 0 Å². The Balaban J connectivity index is 0.000000258. The summed E-state index contributed by atoms with van der Waals surface area (Å²) in [5, 5.41) is 10.4. The van der Waals surface area contributed by atoms with Gasteiger partial charge in [0.05, 0.1) is 11.4 Å². The molecule has 0 aliphatic rings. The molecule has 4 heteroatoms. The van der Waals surface area contributed by atoms with Gasteiger partial charge in [0.25, 0.3) is 0 Å². The molecule has 0 aliphatic heterocycles. The molecule has 4 nitrogen and oxygen atoms in total. The lowest BCUT2D eigenvalue weighted by molar-refractivity contribution is 0.441. The van der Waals surface area contributed by atoms with Gasteiger partial charge >= 0.3 is 0 Å². The summed E-state index contributed by atoms with van der Waals surface area (Å²) in [6, 6.07) is 12.2. The van der Waals surface area contributed by atoms with E-state index in [-0.39, 0.29) is 0 Å². The Bertz CT molecular complexity index is 1020. The zero-order valence-electron chi connectivity index (χ0n) is 20.3. The van der Waals surface area contributed by atoms with E-state index in [0.717, 1.165) is 22.6 Å². The van der Waals surface area contributed by atoms with Crippen molar-refractivity contribution in [2.45, 2.75) is 81.1 Å². The van der Waals surface area contributed by atoms with Crippen molar-refractivity contribution in [3.63, 3.8) is 0 Å². The standard InChI is InChI=1S/2C11H13NO.2C2H6/c1-7(2)9-5-4-6-10-11(9)8(3)12-13-10;1-7(2)11-10-8(3)5-4-6-9(10)13-12-11;2*1-2/h2*4-7H,1-3H3;2*1-2H3. The summed E-state index contributed by atoms with van der Waals surface area (Å²) in [7, 11) is 0. The number of benzene rings is 2. The van der Waals surface area contributed by atoms with Crippen LogP contribution in [0.4, 0.5) is 0 Å². The second-order valence-corrected chi connectivity index (χ2v) is 7.31. The molecular formula is C26H38N2O2. The third-order valence-electron chi connectivity index (χ3n) is 4.60. The van der Waals surface area contributed by atoms with Crippen LogP contribution in [0.2, 0.25) is 0 Å². The molecule has 0 amide bonds. The predicted octanol–water partition coefficient (Wildman–Crippen LogP) is 8.57. The van der Waals surface area contributed by atoms with E-state index in [1.54, 1.807) is 0 Å². The molecule has 0 fully saturated rings. The molecule has 0 saturated carbocycles. The number of hydrogen-bond donors (Lipinski definition) is 0. The molecule has 0 aliphatic carbocycles. The van der Waals surface area contributed by atoms with Crippen molar-refractivity contribution >= 4 is 21.9 Å². The maximum absolute atomic E-state index is 5.24. The maximum atomic E-state index is 5.24. The van der Waals surface area contributed by atoms with Crippen LogP contribution in [-0.2, 0) is 0 Å². The second-order valence-electron chi connectivity index (χ2n) is 7.31. The predicted molar refractivity (Wildman–Crippen MR) is 128 cm³/mol. The molecule has 4 rings (SSSR count). The average Bonchev–Trinajstić information content (AvgIpc) is 3.36. The summed E-state index contributed by atoms with van der Waals surface area (Å²) in [4.78, 5) is 0. The van der Waals surface area contributed by atoms with Crippen molar-refractivity contribution in [1.82, 2.24) is 10.3 Å². The molecule has 2 aromatic carbocycles. The van der Waals surface area contributed by atoms with E-state index in [2.05, 4.69) is 57.1 Å². The van der Waals surface area contributed by atoms with Crippen LogP contribution >= 0.6 is 0 Å². The lowest BCUT2D eigenvalue weighted by Crippen LogP contribution is -1.88. The summed E-state index contributed by atoms with van der Waals surface area (Å²) in [6.07, 6.45) is 0. The third-order valence-corrected chi connectivity index (χ3v) is 4.60. The molecule has 164 valence electrons. The lowest BCUT2D eigenvalue weighted by atomic mass is 9.98. The fourth-order valence-corrected chi connectivity index (χ4v) is 3.24. The van der Waals surface area contributed by atoms with Gasteiger partial charge in [0.15, 0.2) is 11.2 Å². The molecule has 0 spiro atoms. The van der Waals surface area contributed by atoms with E-state index in [0.29, 0.717) is 11.8 Å². The van der Waals surface area contributed by atoms with E-state index < -0.39 is 0 Å². The summed E-state index contributed by atoms with van der Waals surface area (Å²) >= 11 is 0. The van der Waals surface area contributed by atoms with Crippen LogP contribution in [0, 0.1) is 13.8 Å². The van der Waals surface area contributed by atoms with Crippen molar-refractivity contribution < 1.29 is 9.05 Å². The van der Waals surface area contributed by atoms with E-state index >= 15 is 0 Å². The fourth-order valence-electron chi connectivity index (χ4n) is 3.24. The van der Waals surface area contributed by atoms with Gasteiger partial charge in [0.1, 0.15) is 0 Å². The van der Waals surface area contributed by atoms with Crippen LogP contribution in [0.3, 0.4) is 0 Å². The quantitative estimate of drug-likeness (QED) is 0.332. The van der Waals surface area contributed by atoms with Crippen LogP contribution in [0.25, 0.3) is 21.9 Å². The topological polar surface area (TPSA) is 52.1 Å². The molecular weight excluding hydrogens is 372 g/mol. The second kappa shape index (κ2) is 12.2. The number of fused-ring (bicyclic) bond motifs is 2. The molecule has 0 N–H and O–H groups in total. The van der Waals surface area contributed by atoms with Gasteiger partial charge < -0.3 is 9.05 Å². The van der Waals surface area contributed by atoms with E-state index in [1.165, 1.54) is 21.9 Å². The average molecular weight is 411 g/mol. The van der Waals surface area contributed by atoms with E-state index in [9.17, 15) is 0 Å². The van der Waals surface area contributed by atoms with Crippen molar-refractivity contribution in [2.75, 3.05) is 0 Å². The van der Waals surface area contributed by atoms with Crippen molar-refractivity contribution in [3.8, 4) is 0 Å². The summed E-state index contributed by atoms with van der Waals surface area (Å²) in [5.74, 6) is 0.934. The molecule has 0 bridgehead atoms. The third kappa shape index (κ3) is 5.71. The number of aryl methyl sites for hydroxylation is 2. The highest BCUT2D eigenvalue weighted by molar-refractivity contribution is 5.84. The molecule has 0 unspecified atom stereocenters. The first-order chi connectivity index (χ1) is 14.4. The van der Waals surface area contributed by atoms with Gasteiger partial charge in [-0.25, -0.2) is 0 Å². The highest BCUT2D eigenvalue weighted by Gasteiger charge is 2.12. The Morgan fingerprint density at radius 2 is 1.20 bits per heavy atom. The Morgan fingerprint density at radius 3 is 1.77 bits per heavy atom. The summed E-state index contributed by atoms with van der Waals surface area (Å²) in [5.41, 5.74) is 6.39. The minimum Gasteiger partial charge on any atom is -0.356 e. The maximum Gasteiger partial charge on any atom is 0.167 e. The number of rotatable bonds is 2. The van der Waals surface area contributed by atoms with E-state index in [4.69, 9.17) is 9.05 Å². The normalized spacial score (nSPS) is 10.3. The Hall–Kier alpha value is -2.62. The lowest BCUT2D eigenvalue weighted by Gasteiger charge is -2.05. The van der Waals surface area contributed by atoms with Gasteiger partial charge in [0.2, 0.25) is 0 Å². The smallest absolute Gasteiger partial charge is 0.167 e. The number of hydrogen-bond acceptors (Lipinski definition) is 4. The Morgan fingerprint density at radius 1 is 0.667 bits per heavy atom. The largest absolute Gasteiger partial charge is 0.356 e.